The molecule has 0 bridgehead atoms. The van der Waals surface area contributed by atoms with Gasteiger partial charge >= 0.3 is 5.69 Å². The van der Waals surface area contributed by atoms with E-state index in [0.29, 0.717) is 36.8 Å². The van der Waals surface area contributed by atoms with Crippen molar-refractivity contribution in [1.82, 2.24) is 28.7 Å². The van der Waals surface area contributed by atoms with Crippen LogP contribution in [0.5, 0.6) is 0 Å². The van der Waals surface area contributed by atoms with E-state index in [0.717, 1.165) is 61.1 Å². The molecule has 0 unspecified atom stereocenters. The number of aryl methyl sites for hydroxylation is 3. The lowest BCUT2D eigenvalue weighted by molar-refractivity contribution is 0.0788. The third-order valence-electron chi connectivity index (χ3n) is 7.40. The standard InChI is InChI=1S/C26H31N7O3/c1-3-32-24-23(25(34)29-26(32)35)33(13-17-7-9-19(10-8-17)31-15-20(16-31)36-2)22(28-24)12-18-14-30-11-5-4-6-21(30)27-18/h7-10,14,20H,3-6,11-13,15-16H2,1-2H3,(H,29,34,35). The lowest BCUT2D eigenvalue weighted by atomic mass is 10.1. The van der Waals surface area contributed by atoms with Crippen LogP contribution < -0.4 is 16.1 Å². The molecule has 1 aromatic carbocycles. The highest BCUT2D eigenvalue weighted by molar-refractivity contribution is 5.71. The van der Waals surface area contributed by atoms with Gasteiger partial charge in [-0.25, -0.2) is 14.8 Å². The summed E-state index contributed by atoms with van der Waals surface area (Å²) in [5.41, 5.74) is 3.15. The Hall–Kier alpha value is -3.66. The monoisotopic (exact) mass is 489 g/mol. The largest absolute Gasteiger partial charge is 0.378 e. The first-order chi connectivity index (χ1) is 17.5. The van der Waals surface area contributed by atoms with Crippen LogP contribution in [0.2, 0.25) is 0 Å². The SMILES string of the molecule is CCn1c(=O)[nH]c(=O)c2c1nc(Cc1cn3c(n1)CCCC3)n2Cc1ccc(N2CC(OC)C2)cc1. The third kappa shape index (κ3) is 3.95. The van der Waals surface area contributed by atoms with Crippen molar-refractivity contribution in [2.45, 2.75) is 58.3 Å². The first kappa shape index (κ1) is 22.8. The molecule has 10 heteroatoms. The summed E-state index contributed by atoms with van der Waals surface area (Å²) in [7, 11) is 1.75. The molecule has 1 saturated heterocycles. The number of benzene rings is 1. The molecule has 2 aliphatic rings. The van der Waals surface area contributed by atoms with Crippen LogP contribution >= 0.6 is 0 Å². The quantitative estimate of drug-likeness (QED) is 0.426. The number of hydrogen-bond acceptors (Lipinski definition) is 6. The molecule has 0 radical (unpaired) electrons. The van der Waals surface area contributed by atoms with Crippen molar-refractivity contribution in [1.29, 1.82) is 0 Å². The number of aromatic amines is 1. The van der Waals surface area contributed by atoms with Crippen molar-refractivity contribution in [2.75, 3.05) is 25.1 Å². The van der Waals surface area contributed by atoms with Crippen LogP contribution in [0.3, 0.4) is 0 Å². The van der Waals surface area contributed by atoms with Crippen LogP contribution in [0.15, 0.2) is 40.1 Å². The Kier molecular flexibility index (Phi) is 5.75. The smallest absolute Gasteiger partial charge is 0.330 e. The van der Waals surface area contributed by atoms with Crippen molar-refractivity contribution < 1.29 is 4.74 Å². The summed E-state index contributed by atoms with van der Waals surface area (Å²) < 4.78 is 11.1. The minimum absolute atomic E-state index is 0.293. The molecule has 10 nitrogen and oxygen atoms in total. The molecule has 0 saturated carbocycles. The summed E-state index contributed by atoms with van der Waals surface area (Å²) in [5.74, 6) is 1.84. The van der Waals surface area contributed by atoms with Crippen LogP contribution in [0.1, 0.15) is 42.7 Å². The Balaban J connectivity index is 1.37. The Morgan fingerprint density at radius 3 is 2.61 bits per heavy atom. The highest BCUT2D eigenvalue weighted by Gasteiger charge is 2.26. The van der Waals surface area contributed by atoms with Gasteiger partial charge in [-0.1, -0.05) is 12.1 Å². The maximum atomic E-state index is 13.0. The van der Waals surface area contributed by atoms with Gasteiger partial charge in [0.15, 0.2) is 11.2 Å². The van der Waals surface area contributed by atoms with E-state index in [4.69, 9.17) is 14.7 Å². The number of aromatic nitrogens is 6. The molecule has 1 N–H and O–H groups in total. The number of H-pyrrole nitrogens is 1. The number of nitrogens with one attached hydrogen (secondary N) is 1. The van der Waals surface area contributed by atoms with E-state index in [-0.39, 0.29) is 0 Å². The fourth-order valence-corrected chi connectivity index (χ4v) is 5.33. The van der Waals surface area contributed by atoms with Crippen molar-refractivity contribution in [3.05, 3.63) is 74.2 Å². The molecule has 6 rings (SSSR count). The maximum Gasteiger partial charge on any atom is 0.330 e. The molecular formula is C26H31N7O3. The number of fused-ring (bicyclic) bond motifs is 2. The van der Waals surface area contributed by atoms with Crippen molar-refractivity contribution in [3.8, 4) is 0 Å². The predicted octanol–water partition coefficient (Wildman–Crippen LogP) is 1.91. The van der Waals surface area contributed by atoms with E-state index in [1.807, 2.05) is 11.5 Å². The van der Waals surface area contributed by atoms with Gasteiger partial charge in [-0.2, -0.15) is 0 Å². The van der Waals surface area contributed by atoms with Gasteiger partial charge in [-0.05, 0) is 37.5 Å². The fraction of sp³-hybridized carbons (Fsp3) is 0.462. The topological polar surface area (TPSA) is 103 Å². The highest BCUT2D eigenvalue weighted by Crippen LogP contribution is 2.24. The lowest BCUT2D eigenvalue weighted by Crippen LogP contribution is -2.51. The molecule has 0 atom stereocenters. The first-order valence-corrected chi connectivity index (χ1v) is 12.7. The summed E-state index contributed by atoms with van der Waals surface area (Å²) in [4.78, 5) is 39.9. The van der Waals surface area contributed by atoms with E-state index in [1.54, 1.807) is 7.11 Å². The second-order valence-electron chi connectivity index (χ2n) is 9.69. The lowest BCUT2D eigenvalue weighted by Gasteiger charge is -2.40. The molecule has 0 amide bonds. The Morgan fingerprint density at radius 1 is 1.08 bits per heavy atom. The normalized spacial score (nSPS) is 15.9. The number of hydrogen-bond donors (Lipinski definition) is 1. The zero-order valence-electron chi connectivity index (χ0n) is 20.7. The van der Waals surface area contributed by atoms with Crippen LogP contribution in [0.25, 0.3) is 11.2 Å². The predicted molar refractivity (Wildman–Crippen MR) is 137 cm³/mol. The van der Waals surface area contributed by atoms with E-state index in [1.165, 1.54) is 11.0 Å². The zero-order chi connectivity index (χ0) is 24.8. The number of anilines is 1. The number of ether oxygens (including phenoxy) is 1. The van der Waals surface area contributed by atoms with Crippen molar-refractivity contribution >= 4 is 16.9 Å². The van der Waals surface area contributed by atoms with E-state index in [2.05, 4.69) is 44.9 Å². The van der Waals surface area contributed by atoms with Gasteiger partial charge in [0.25, 0.3) is 5.56 Å². The minimum Gasteiger partial charge on any atom is -0.378 e. The van der Waals surface area contributed by atoms with Gasteiger partial charge in [0.2, 0.25) is 0 Å². The summed E-state index contributed by atoms with van der Waals surface area (Å²) >= 11 is 0. The van der Waals surface area contributed by atoms with E-state index >= 15 is 0 Å². The summed E-state index contributed by atoms with van der Waals surface area (Å²) in [6.07, 6.45) is 6.20. The molecule has 4 aromatic rings. The average molecular weight is 490 g/mol. The Labute approximate surface area is 208 Å². The fourth-order valence-electron chi connectivity index (χ4n) is 5.33. The first-order valence-electron chi connectivity index (χ1n) is 12.7. The van der Waals surface area contributed by atoms with Gasteiger partial charge in [0.05, 0.1) is 11.8 Å². The van der Waals surface area contributed by atoms with Gasteiger partial charge < -0.3 is 18.8 Å². The number of rotatable bonds is 7. The summed E-state index contributed by atoms with van der Waals surface area (Å²) in [5, 5.41) is 0. The molecule has 188 valence electrons. The molecule has 0 spiro atoms. The Morgan fingerprint density at radius 2 is 1.89 bits per heavy atom. The third-order valence-corrected chi connectivity index (χ3v) is 7.40. The number of methoxy groups -OCH3 is 1. The van der Waals surface area contributed by atoms with Crippen LogP contribution in [0.4, 0.5) is 5.69 Å². The highest BCUT2D eigenvalue weighted by atomic mass is 16.5. The van der Waals surface area contributed by atoms with Crippen molar-refractivity contribution in [3.63, 3.8) is 0 Å². The minimum atomic E-state index is -0.433. The van der Waals surface area contributed by atoms with Gasteiger partial charge in [-0.3, -0.25) is 14.3 Å². The number of imidazole rings is 2. The molecule has 0 aliphatic carbocycles. The zero-order valence-corrected chi connectivity index (χ0v) is 20.7. The Bertz CT molecular complexity index is 1500. The van der Waals surface area contributed by atoms with Gasteiger partial charge in [-0.15, -0.1) is 0 Å². The second kappa shape index (κ2) is 9.09. The molecular weight excluding hydrogens is 458 g/mol. The van der Waals surface area contributed by atoms with Crippen molar-refractivity contribution in [2.24, 2.45) is 0 Å². The number of nitrogens with zero attached hydrogens (tertiary/aromatic N) is 6. The van der Waals surface area contributed by atoms with Gasteiger partial charge in [0, 0.05) is 64.6 Å². The molecule has 1 fully saturated rings. The molecule has 3 aromatic heterocycles. The summed E-state index contributed by atoms with van der Waals surface area (Å²) in [6, 6.07) is 8.39. The van der Waals surface area contributed by atoms with Gasteiger partial charge in [0.1, 0.15) is 11.6 Å². The molecule has 2 aliphatic heterocycles. The van der Waals surface area contributed by atoms with Crippen LogP contribution in [-0.2, 0) is 37.2 Å². The second-order valence-corrected chi connectivity index (χ2v) is 9.69. The maximum absolute atomic E-state index is 13.0. The average Bonchev–Trinajstić information content (AvgIpc) is 3.41. The van der Waals surface area contributed by atoms with E-state index < -0.39 is 11.2 Å². The van der Waals surface area contributed by atoms with Crippen LogP contribution in [0, 0.1) is 0 Å². The molecule has 36 heavy (non-hydrogen) atoms. The van der Waals surface area contributed by atoms with Crippen LogP contribution in [-0.4, -0.2) is 55.0 Å². The molecule has 5 heterocycles. The van der Waals surface area contributed by atoms with E-state index in [9.17, 15) is 9.59 Å². The summed E-state index contributed by atoms with van der Waals surface area (Å²) in [6.45, 7) is 5.56.